The van der Waals surface area contributed by atoms with Gasteiger partial charge in [0.05, 0.1) is 11.4 Å². The zero-order chi connectivity index (χ0) is 12.5. The fraction of sp³-hybridized carbons (Fsp3) is 0.571. The summed E-state index contributed by atoms with van der Waals surface area (Å²) in [5.41, 5.74) is 6.76. The summed E-state index contributed by atoms with van der Waals surface area (Å²) >= 11 is 0. The number of nitrogen functional groups attached to an aromatic ring is 1. The number of halogens is 1. The summed E-state index contributed by atoms with van der Waals surface area (Å²) < 4.78 is 13.4. The minimum atomic E-state index is -0.335. The van der Waals surface area contributed by atoms with E-state index in [1.165, 1.54) is 31.9 Å². The first-order valence-corrected chi connectivity index (χ1v) is 6.80. The number of nitrogens with zero attached hydrogens (tertiary/aromatic N) is 1. The van der Waals surface area contributed by atoms with Gasteiger partial charge < -0.3 is 11.1 Å². The Morgan fingerprint density at radius 3 is 3.00 bits per heavy atom. The Hall–Kier alpha value is -1.29. The van der Waals surface area contributed by atoms with Crippen molar-refractivity contribution in [2.75, 3.05) is 24.1 Å². The molecule has 3 N–H and O–H groups in total. The Kier molecular flexibility index (Phi) is 3.12. The fourth-order valence-electron chi connectivity index (χ4n) is 3.28. The lowest BCUT2D eigenvalue weighted by atomic mass is 9.99. The van der Waals surface area contributed by atoms with E-state index in [2.05, 4.69) is 10.2 Å². The molecule has 2 atom stereocenters. The highest BCUT2D eigenvalue weighted by atomic mass is 19.1. The molecule has 2 unspecified atom stereocenters. The summed E-state index contributed by atoms with van der Waals surface area (Å²) in [5.74, 6) is -0.335. The highest BCUT2D eigenvalue weighted by Crippen LogP contribution is 2.31. The van der Waals surface area contributed by atoms with Crippen molar-refractivity contribution < 1.29 is 4.39 Å². The molecule has 3 rings (SSSR count). The van der Waals surface area contributed by atoms with E-state index in [4.69, 9.17) is 5.73 Å². The van der Waals surface area contributed by atoms with E-state index in [-0.39, 0.29) is 11.5 Å². The zero-order valence-electron chi connectivity index (χ0n) is 10.5. The Balaban J connectivity index is 1.74. The number of nitrogens with two attached hydrogens (primary N) is 1. The first kappa shape index (κ1) is 11.8. The highest BCUT2D eigenvalue weighted by Gasteiger charge is 2.35. The molecule has 2 saturated heterocycles. The Morgan fingerprint density at radius 1 is 1.22 bits per heavy atom. The van der Waals surface area contributed by atoms with Gasteiger partial charge in [0.2, 0.25) is 0 Å². The Morgan fingerprint density at radius 2 is 2.11 bits per heavy atom. The van der Waals surface area contributed by atoms with E-state index >= 15 is 0 Å². The van der Waals surface area contributed by atoms with Gasteiger partial charge in [-0.25, -0.2) is 4.39 Å². The maximum Gasteiger partial charge on any atom is 0.148 e. The van der Waals surface area contributed by atoms with Crippen LogP contribution in [0.1, 0.15) is 25.7 Å². The maximum absolute atomic E-state index is 13.4. The molecule has 2 aliphatic heterocycles. The largest absolute Gasteiger partial charge is 0.395 e. The second-order valence-electron chi connectivity index (χ2n) is 5.34. The number of para-hydroxylation sites is 1. The smallest absolute Gasteiger partial charge is 0.148 e. The third kappa shape index (κ3) is 2.05. The van der Waals surface area contributed by atoms with Crippen LogP contribution in [0.2, 0.25) is 0 Å². The molecule has 0 amide bonds. The van der Waals surface area contributed by atoms with Crippen molar-refractivity contribution in [2.45, 2.75) is 37.8 Å². The zero-order valence-corrected chi connectivity index (χ0v) is 10.5. The number of benzene rings is 1. The van der Waals surface area contributed by atoms with Crippen LogP contribution in [-0.2, 0) is 0 Å². The van der Waals surface area contributed by atoms with Gasteiger partial charge in [-0.15, -0.1) is 0 Å². The van der Waals surface area contributed by atoms with Gasteiger partial charge in [0.25, 0.3) is 0 Å². The lowest BCUT2D eigenvalue weighted by Crippen LogP contribution is -2.41. The summed E-state index contributed by atoms with van der Waals surface area (Å²) in [5, 5.41) is 3.44. The van der Waals surface area contributed by atoms with Gasteiger partial charge in [-0.05, 0) is 37.9 Å². The van der Waals surface area contributed by atoms with Crippen LogP contribution in [0, 0.1) is 5.82 Å². The second kappa shape index (κ2) is 4.76. The van der Waals surface area contributed by atoms with E-state index in [1.807, 2.05) is 6.07 Å². The molecule has 0 spiro atoms. The van der Waals surface area contributed by atoms with Crippen LogP contribution in [0.15, 0.2) is 18.2 Å². The molecule has 98 valence electrons. The minimum absolute atomic E-state index is 0.242. The second-order valence-corrected chi connectivity index (χ2v) is 5.34. The van der Waals surface area contributed by atoms with Crippen LogP contribution in [0.3, 0.4) is 0 Å². The van der Waals surface area contributed by atoms with Gasteiger partial charge >= 0.3 is 0 Å². The van der Waals surface area contributed by atoms with E-state index in [0.29, 0.717) is 12.1 Å². The van der Waals surface area contributed by atoms with E-state index < -0.39 is 0 Å². The van der Waals surface area contributed by atoms with Crippen LogP contribution in [-0.4, -0.2) is 30.1 Å². The number of hydrogen-bond donors (Lipinski definition) is 2. The van der Waals surface area contributed by atoms with Crippen LogP contribution in [0.4, 0.5) is 15.8 Å². The molecule has 4 heteroatoms. The summed E-state index contributed by atoms with van der Waals surface area (Å²) in [6, 6.07) is 5.99. The van der Waals surface area contributed by atoms with E-state index in [1.54, 1.807) is 6.07 Å². The summed E-state index contributed by atoms with van der Waals surface area (Å²) in [7, 11) is 0. The molecule has 18 heavy (non-hydrogen) atoms. The number of fused-ring (bicyclic) bond motifs is 1. The number of piperidine rings is 1. The molecule has 0 radical (unpaired) electrons. The van der Waals surface area contributed by atoms with Crippen molar-refractivity contribution in [1.29, 1.82) is 0 Å². The third-order valence-electron chi connectivity index (χ3n) is 4.25. The monoisotopic (exact) mass is 249 g/mol. The molecule has 3 nitrogen and oxygen atoms in total. The SMILES string of the molecule is Nc1c(F)cccc1NC1CCN2CCCCC12. The van der Waals surface area contributed by atoms with Crippen molar-refractivity contribution in [2.24, 2.45) is 0 Å². The highest BCUT2D eigenvalue weighted by molar-refractivity contribution is 5.67. The quantitative estimate of drug-likeness (QED) is 0.791. The average Bonchev–Trinajstić information content (AvgIpc) is 2.79. The summed E-state index contributed by atoms with van der Waals surface area (Å²) in [4.78, 5) is 2.55. The summed E-state index contributed by atoms with van der Waals surface area (Å²) in [6.45, 7) is 2.36. The van der Waals surface area contributed by atoms with Crippen molar-refractivity contribution in [3.63, 3.8) is 0 Å². The van der Waals surface area contributed by atoms with Crippen LogP contribution in [0.25, 0.3) is 0 Å². The van der Waals surface area contributed by atoms with Gasteiger partial charge in [-0.3, -0.25) is 4.90 Å². The minimum Gasteiger partial charge on any atom is -0.395 e. The predicted molar refractivity (Wildman–Crippen MR) is 72.1 cm³/mol. The fourth-order valence-corrected chi connectivity index (χ4v) is 3.28. The number of anilines is 2. The molecular weight excluding hydrogens is 229 g/mol. The first-order chi connectivity index (χ1) is 8.75. The van der Waals surface area contributed by atoms with Gasteiger partial charge in [-0.2, -0.15) is 0 Å². The molecule has 0 aliphatic carbocycles. The van der Waals surface area contributed by atoms with Crippen LogP contribution in [0.5, 0.6) is 0 Å². The molecular formula is C14H20FN3. The normalized spacial score (nSPS) is 28.1. The number of nitrogens with one attached hydrogen (secondary N) is 1. The van der Waals surface area contributed by atoms with Gasteiger partial charge in [-0.1, -0.05) is 12.5 Å². The van der Waals surface area contributed by atoms with Crippen LogP contribution >= 0.6 is 0 Å². The topological polar surface area (TPSA) is 41.3 Å². The molecule has 0 bridgehead atoms. The molecule has 1 aromatic carbocycles. The molecule has 2 fully saturated rings. The van der Waals surface area contributed by atoms with E-state index in [9.17, 15) is 4.39 Å². The first-order valence-electron chi connectivity index (χ1n) is 6.80. The van der Waals surface area contributed by atoms with Gasteiger partial charge in [0.15, 0.2) is 0 Å². The van der Waals surface area contributed by atoms with E-state index in [0.717, 1.165) is 18.7 Å². The molecule has 2 heterocycles. The lowest BCUT2D eigenvalue weighted by Gasteiger charge is -2.33. The van der Waals surface area contributed by atoms with Crippen molar-refractivity contribution in [3.8, 4) is 0 Å². The number of hydrogen-bond acceptors (Lipinski definition) is 3. The Labute approximate surface area is 107 Å². The Bertz CT molecular complexity index is 435. The van der Waals surface area contributed by atoms with Crippen LogP contribution < -0.4 is 11.1 Å². The number of rotatable bonds is 2. The van der Waals surface area contributed by atoms with Crippen molar-refractivity contribution in [3.05, 3.63) is 24.0 Å². The molecule has 1 aromatic rings. The maximum atomic E-state index is 13.4. The van der Waals surface area contributed by atoms with Gasteiger partial charge in [0.1, 0.15) is 5.82 Å². The van der Waals surface area contributed by atoms with Crippen molar-refractivity contribution >= 4 is 11.4 Å². The third-order valence-corrected chi connectivity index (χ3v) is 4.25. The average molecular weight is 249 g/mol. The van der Waals surface area contributed by atoms with Crippen molar-refractivity contribution in [1.82, 2.24) is 4.90 Å². The predicted octanol–water partition coefficient (Wildman–Crippen LogP) is 2.45. The molecule has 2 aliphatic rings. The standard InChI is InChI=1S/C14H20FN3/c15-10-4-3-5-12(14(10)16)17-11-7-9-18-8-2-1-6-13(11)18/h3-5,11,13,17H,1-2,6-9,16H2. The molecule has 0 saturated carbocycles. The summed E-state index contributed by atoms with van der Waals surface area (Å²) in [6.07, 6.45) is 4.98. The lowest BCUT2D eigenvalue weighted by molar-refractivity contribution is 0.193. The molecule has 0 aromatic heterocycles. The van der Waals surface area contributed by atoms with Gasteiger partial charge in [0, 0.05) is 18.6 Å².